The van der Waals surface area contributed by atoms with E-state index in [1.165, 1.54) is 4.90 Å². The van der Waals surface area contributed by atoms with Gasteiger partial charge in [-0.05, 0) is 37.0 Å². The molecule has 2 saturated heterocycles. The molecule has 0 atom stereocenters. The van der Waals surface area contributed by atoms with Crippen molar-refractivity contribution in [2.24, 2.45) is 0 Å². The molecule has 4 rings (SSSR count). The predicted octanol–water partition coefficient (Wildman–Crippen LogP) is 2.26. The number of ether oxygens (including phenoxy) is 1. The van der Waals surface area contributed by atoms with Gasteiger partial charge in [-0.1, -0.05) is 30.3 Å². The number of aliphatic hydroxyl groups excluding tert-OH is 1. The van der Waals surface area contributed by atoms with Crippen LogP contribution in [-0.4, -0.2) is 77.2 Å². The molecule has 32 heavy (non-hydrogen) atoms. The fourth-order valence-corrected chi connectivity index (χ4v) is 4.73. The summed E-state index contributed by atoms with van der Waals surface area (Å²) in [6.07, 6.45) is 1.80. The summed E-state index contributed by atoms with van der Waals surface area (Å²) in [6.45, 7) is 3.05. The van der Waals surface area contributed by atoms with Crippen LogP contribution in [0.2, 0.25) is 0 Å². The average Bonchev–Trinajstić information content (AvgIpc) is 3.35. The molecule has 0 unspecified atom stereocenters. The number of likely N-dealkylation sites (tertiary alicyclic amines) is 1. The first-order chi connectivity index (χ1) is 15.6. The van der Waals surface area contributed by atoms with Gasteiger partial charge in [0.15, 0.2) is 0 Å². The number of amides is 3. The third kappa shape index (κ3) is 4.44. The molecule has 2 aliphatic heterocycles. The van der Waals surface area contributed by atoms with Gasteiger partial charge in [-0.3, -0.25) is 14.6 Å². The van der Waals surface area contributed by atoms with Gasteiger partial charge < -0.3 is 19.2 Å². The zero-order chi connectivity index (χ0) is 22.6. The molecular weight excluding hydrogens is 410 g/mol. The van der Waals surface area contributed by atoms with Gasteiger partial charge in [0.25, 0.3) is 5.91 Å². The van der Waals surface area contributed by atoms with E-state index in [1.54, 1.807) is 18.1 Å². The van der Waals surface area contributed by atoms with E-state index < -0.39 is 5.54 Å². The number of urea groups is 1. The molecule has 0 radical (unpaired) electrons. The summed E-state index contributed by atoms with van der Waals surface area (Å²) < 4.78 is 10.8. The third-order valence-corrected chi connectivity index (χ3v) is 6.54. The minimum atomic E-state index is -0.803. The first kappa shape index (κ1) is 22.5. The van der Waals surface area contributed by atoms with Gasteiger partial charge in [0.1, 0.15) is 23.7 Å². The average molecular weight is 442 g/mol. The number of nitrogens with zero attached hydrogens (tertiary/aromatic N) is 3. The van der Waals surface area contributed by atoms with Crippen molar-refractivity contribution >= 4 is 11.9 Å². The Morgan fingerprint density at radius 2 is 1.75 bits per heavy atom. The fraction of sp³-hybridized carbons (Fsp3) is 0.500. The molecule has 1 aromatic heterocycles. The van der Waals surface area contributed by atoms with Gasteiger partial charge in [-0.15, -0.1) is 0 Å². The molecule has 3 heterocycles. The monoisotopic (exact) mass is 441 g/mol. The van der Waals surface area contributed by atoms with E-state index in [-0.39, 0.29) is 18.5 Å². The van der Waals surface area contributed by atoms with Crippen molar-refractivity contribution in [1.82, 2.24) is 14.7 Å². The van der Waals surface area contributed by atoms with Crippen LogP contribution in [0.1, 0.15) is 29.9 Å². The van der Waals surface area contributed by atoms with E-state index >= 15 is 0 Å². The summed E-state index contributed by atoms with van der Waals surface area (Å²) >= 11 is 0. The van der Waals surface area contributed by atoms with Crippen LogP contribution in [0.25, 0.3) is 0 Å². The maximum absolute atomic E-state index is 13.6. The molecular formula is C24H31N3O5. The van der Waals surface area contributed by atoms with E-state index in [9.17, 15) is 14.7 Å². The first-order valence-corrected chi connectivity index (χ1v) is 11.1. The van der Waals surface area contributed by atoms with Gasteiger partial charge in [0, 0.05) is 33.3 Å². The fourth-order valence-electron chi connectivity index (χ4n) is 4.73. The molecule has 2 aromatic rings. The quantitative estimate of drug-likeness (QED) is 0.601. The van der Waals surface area contributed by atoms with Crippen LogP contribution in [0.15, 0.2) is 46.9 Å². The van der Waals surface area contributed by atoms with E-state index in [4.69, 9.17) is 9.15 Å². The zero-order valence-electron chi connectivity index (χ0n) is 18.5. The van der Waals surface area contributed by atoms with Crippen LogP contribution in [-0.2, 0) is 29.1 Å². The number of imide groups is 1. The largest absolute Gasteiger partial charge is 0.462 e. The van der Waals surface area contributed by atoms with Crippen molar-refractivity contribution in [3.63, 3.8) is 0 Å². The van der Waals surface area contributed by atoms with E-state index in [1.807, 2.05) is 36.4 Å². The predicted molar refractivity (Wildman–Crippen MR) is 118 cm³/mol. The lowest BCUT2D eigenvalue weighted by atomic mass is 9.85. The maximum atomic E-state index is 13.6. The van der Waals surface area contributed by atoms with Gasteiger partial charge in [0.05, 0.1) is 13.2 Å². The van der Waals surface area contributed by atoms with Crippen LogP contribution in [0, 0.1) is 0 Å². The minimum absolute atomic E-state index is 0.0882. The molecule has 1 N–H and O–H groups in total. The number of rotatable bonds is 9. The number of piperidine rings is 1. The molecule has 172 valence electrons. The second kappa shape index (κ2) is 9.85. The Morgan fingerprint density at radius 1 is 1.03 bits per heavy atom. The highest BCUT2D eigenvalue weighted by Gasteiger charge is 2.57. The number of carbonyl (C=O) groups excluding carboxylic acids is 2. The Bertz CT molecular complexity index is 921. The van der Waals surface area contributed by atoms with Gasteiger partial charge >= 0.3 is 6.03 Å². The maximum Gasteiger partial charge on any atom is 0.327 e. The highest BCUT2D eigenvalue weighted by molar-refractivity contribution is 6.07. The number of hydrogen-bond acceptors (Lipinski definition) is 6. The topological polar surface area (TPSA) is 86.5 Å². The smallest absolute Gasteiger partial charge is 0.327 e. The van der Waals surface area contributed by atoms with E-state index in [2.05, 4.69) is 4.90 Å². The van der Waals surface area contributed by atoms with Crippen molar-refractivity contribution in [2.75, 3.05) is 39.9 Å². The van der Waals surface area contributed by atoms with Crippen molar-refractivity contribution in [1.29, 1.82) is 0 Å². The summed E-state index contributed by atoms with van der Waals surface area (Å²) in [5, 5.41) is 9.19. The molecule has 2 aliphatic rings. The highest BCUT2D eigenvalue weighted by Crippen LogP contribution is 2.37. The molecule has 2 fully saturated rings. The van der Waals surface area contributed by atoms with Crippen molar-refractivity contribution in [3.05, 3.63) is 59.5 Å². The molecule has 3 amide bonds. The Kier molecular flexibility index (Phi) is 6.93. The molecule has 1 spiro atoms. The Morgan fingerprint density at radius 3 is 2.41 bits per heavy atom. The minimum Gasteiger partial charge on any atom is -0.462 e. The molecule has 0 aliphatic carbocycles. The summed E-state index contributed by atoms with van der Waals surface area (Å²) in [4.78, 5) is 32.2. The van der Waals surface area contributed by atoms with Crippen molar-refractivity contribution < 1.29 is 23.8 Å². The standard InChI is InChI=1S/C24H31N3O5/c1-31-16-15-27-23(30)26(12-9-19-5-3-2-4-6-19)22(29)24(27)10-13-25(14-11-24)17-20-7-8-21(18-28)32-20/h2-8,28H,9-18H2,1H3. The second-order valence-electron chi connectivity index (χ2n) is 8.45. The van der Waals surface area contributed by atoms with Crippen LogP contribution >= 0.6 is 0 Å². The number of methoxy groups -OCH3 is 1. The lowest BCUT2D eigenvalue weighted by Gasteiger charge is -2.42. The normalized spacial score (nSPS) is 18.8. The van der Waals surface area contributed by atoms with Crippen LogP contribution in [0.3, 0.4) is 0 Å². The van der Waals surface area contributed by atoms with Crippen molar-refractivity contribution in [3.8, 4) is 0 Å². The van der Waals surface area contributed by atoms with Crippen LogP contribution < -0.4 is 0 Å². The SMILES string of the molecule is COCCN1C(=O)N(CCc2ccccc2)C(=O)C12CCN(Cc1ccc(CO)o1)CC2. The van der Waals surface area contributed by atoms with Gasteiger partial charge in [-0.2, -0.15) is 0 Å². The molecule has 8 nitrogen and oxygen atoms in total. The Hall–Kier alpha value is -2.68. The first-order valence-electron chi connectivity index (χ1n) is 11.1. The highest BCUT2D eigenvalue weighted by atomic mass is 16.5. The van der Waals surface area contributed by atoms with Gasteiger partial charge in [0.2, 0.25) is 0 Å². The number of benzene rings is 1. The Labute approximate surface area is 188 Å². The van der Waals surface area contributed by atoms with Crippen LogP contribution in [0.5, 0.6) is 0 Å². The molecule has 8 heteroatoms. The summed E-state index contributed by atoms with van der Waals surface area (Å²) in [5.74, 6) is 1.25. The van der Waals surface area contributed by atoms with Crippen LogP contribution in [0.4, 0.5) is 4.79 Å². The number of hydrogen-bond donors (Lipinski definition) is 1. The number of aliphatic hydroxyl groups is 1. The molecule has 1 aromatic carbocycles. The molecule has 0 bridgehead atoms. The third-order valence-electron chi connectivity index (χ3n) is 6.54. The molecule has 0 saturated carbocycles. The van der Waals surface area contributed by atoms with E-state index in [0.717, 1.165) is 11.3 Å². The van der Waals surface area contributed by atoms with Crippen molar-refractivity contribution in [2.45, 2.75) is 38.0 Å². The number of furan rings is 1. The summed E-state index contributed by atoms with van der Waals surface area (Å²) in [7, 11) is 1.61. The number of carbonyl (C=O) groups is 2. The summed E-state index contributed by atoms with van der Waals surface area (Å²) in [5.41, 5.74) is 0.301. The van der Waals surface area contributed by atoms with Gasteiger partial charge in [-0.25, -0.2) is 4.79 Å². The van der Waals surface area contributed by atoms with E-state index in [0.29, 0.717) is 64.4 Å². The summed E-state index contributed by atoms with van der Waals surface area (Å²) in [6, 6.07) is 13.3. The zero-order valence-corrected chi connectivity index (χ0v) is 18.5. The second-order valence-corrected chi connectivity index (χ2v) is 8.45. The lowest BCUT2D eigenvalue weighted by Crippen LogP contribution is -2.57. The Balaban J connectivity index is 1.45. The lowest BCUT2D eigenvalue weighted by molar-refractivity contribution is -0.135.